The molecule has 3 aromatic rings. The van der Waals surface area contributed by atoms with E-state index in [4.69, 9.17) is 0 Å². The number of hydrogen-bond donors (Lipinski definition) is 0. The summed E-state index contributed by atoms with van der Waals surface area (Å²) >= 11 is 1.78. The molecule has 0 atom stereocenters. The molecule has 0 aliphatic carbocycles. The number of anilines is 1. The van der Waals surface area contributed by atoms with Gasteiger partial charge in [0.2, 0.25) is 0 Å². The normalized spacial score (nSPS) is 14.5. The number of fused-ring (bicyclic) bond motifs is 1. The van der Waals surface area contributed by atoms with E-state index < -0.39 is 0 Å². The topological polar surface area (TPSA) is 29.0 Å². The fraction of sp³-hybridized carbons (Fsp3) is 0.263. The second kappa shape index (κ2) is 6.59. The summed E-state index contributed by atoms with van der Waals surface area (Å²) in [4.78, 5) is 11.2. The average Bonchev–Trinajstić information content (AvgIpc) is 3.15. The van der Waals surface area contributed by atoms with Crippen molar-refractivity contribution in [2.75, 3.05) is 18.0 Å². The molecule has 3 nitrogen and oxygen atoms in total. The van der Waals surface area contributed by atoms with E-state index in [1.165, 1.54) is 29.2 Å². The predicted octanol–water partition coefficient (Wildman–Crippen LogP) is 4.52. The summed E-state index contributed by atoms with van der Waals surface area (Å²) in [7, 11) is 0. The smallest absolute Gasteiger partial charge is 0.133 e. The van der Waals surface area contributed by atoms with E-state index >= 15 is 0 Å². The van der Waals surface area contributed by atoms with Gasteiger partial charge < -0.3 is 4.90 Å². The third kappa shape index (κ3) is 3.17. The third-order valence-corrected chi connectivity index (χ3v) is 5.29. The Kier molecular flexibility index (Phi) is 4.16. The van der Waals surface area contributed by atoms with E-state index in [1.54, 1.807) is 18.1 Å². The Morgan fingerprint density at radius 3 is 2.70 bits per heavy atom. The maximum atomic E-state index is 4.43. The zero-order valence-electron chi connectivity index (χ0n) is 13.0. The Morgan fingerprint density at radius 1 is 0.957 bits per heavy atom. The predicted molar refractivity (Wildman–Crippen MR) is 97.0 cm³/mol. The first-order valence-corrected chi connectivity index (χ1v) is 9.05. The van der Waals surface area contributed by atoms with Crippen molar-refractivity contribution in [2.24, 2.45) is 0 Å². The Labute approximate surface area is 140 Å². The van der Waals surface area contributed by atoms with Crippen molar-refractivity contribution < 1.29 is 0 Å². The van der Waals surface area contributed by atoms with Gasteiger partial charge in [0.25, 0.3) is 0 Å². The zero-order valence-corrected chi connectivity index (χ0v) is 13.8. The van der Waals surface area contributed by atoms with Crippen LogP contribution >= 0.6 is 11.8 Å². The first kappa shape index (κ1) is 14.5. The second-order valence-electron chi connectivity index (χ2n) is 5.84. The molecule has 1 fully saturated rings. The number of hydrogen-bond acceptors (Lipinski definition) is 4. The fourth-order valence-corrected chi connectivity index (χ4v) is 3.96. The summed E-state index contributed by atoms with van der Waals surface area (Å²) in [6, 6.07) is 17.2. The minimum Gasteiger partial charge on any atom is -0.356 e. The molecule has 116 valence electrons. The van der Waals surface area contributed by atoms with Gasteiger partial charge in [0, 0.05) is 24.9 Å². The van der Waals surface area contributed by atoms with Gasteiger partial charge in [0.05, 0.1) is 0 Å². The zero-order chi connectivity index (χ0) is 15.5. The lowest BCUT2D eigenvalue weighted by molar-refractivity contribution is 0.908. The van der Waals surface area contributed by atoms with Gasteiger partial charge in [-0.3, -0.25) is 0 Å². The summed E-state index contributed by atoms with van der Waals surface area (Å²) < 4.78 is 0. The maximum absolute atomic E-state index is 4.43. The summed E-state index contributed by atoms with van der Waals surface area (Å²) in [6.45, 7) is 2.23. The number of nitrogens with zero attached hydrogens (tertiary/aromatic N) is 3. The highest BCUT2D eigenvalue weighted by atomic mass is 32.2. The van der Waals surface area contributed by atoms with Gasteiger partial charge in [0.15, 0.2) is 0 Å². The van der Waals surface area contributed by atoms with Crippen molar-refractivity contribution in [3.63, 3.8) is 0 Å². The van der Waals surface area contributed by atoms with Crippen LogP contribution in [0.3, 0.4) is 0 Å². The molecule has 0 N–H and O–H groups in total. The van der Waals surface area contributed by atoms with Gasteiger partial charge in [0.1, 0.15) is 17.2 Å². The average molecular weight is 321 g/mol. The largest absolute Gasteiger partial charge is 0.356 e. The monoisotopic (exact) mass is 321 g/mol. The van der Waals surface area contributed by atoms with Gasteiger partial charge in [-0.2, -0.15) is 0 Å². The molecular weight excluding hydrogens is 302 g/mol. The molecule has 4 heteroatoms. The van der Waals surface area contributed by atoms with Crippen molar-refractivity contribution >= 4 is 28.4 Å². The molecule has 1 aliphatic heterocycles. The lowest BCUT2D eigenvalue weighted by atomic mass is 10.1. The first-order valence-electron chi connectivity index (χ1n) is 8.06. The van der Waals surface area contributed by atoms with Crippen molar-refractivity contribution in [2.45, 2.75) is 23.6 Å². The lowest BCUT2D eigenvalue weighted by Gasteiger charge is -2.16. The van der Waals surface area contributed by atoms with Crippen LogP contribution in [-0.2, 0) is 5.75 Å². The summed E-state index contributed by atoms with van der Waals surface area (Å²) in [5.41, 5.74) is 1.36. The highest BCUT2D eigenvalue weighted by Crippen LogP contribution is 2.28. The first-order chi connectivity index (χ1) is 11.4. The van der Waals surface area contributed by atoms with E-state index in [0.717, 1.165) is 29.7 Å². The number of thioether (sulfide) groups is 1. The molecule has 0 radical (unpaired) electrons. The molecule has 1 saturated heterocycles. The van der Waals surface area contributed by atoms with E-state index in [0.29, 0.717) is 0 Å². The Balaban J connectivity index is 1.53. The molecule has 0 bridgehead atoms. The van der Waals surface area contributed by atoms with E-state index in [2.05, 4.69) is 63.4 Å². The van der Waals surface area contributed by atoms with E-state index in [1.807, 2.05) is 0 Å². The van der Waals surface area contributed by atoms with Crippen LogP contribution < -0.4 is 4.90 Å². The quantitative estimate of drug-likeness (QED) is 0.522. The van der Waals surface area contributed by atoms with Gasteiger partial charge in [-0.25, -0.2) is 9.97 Å². The Bertz CT molecular complexity index is 807. The summed E-state index contributed by atoms with van der Waals surface area (Å²) in [5.74, 6) is 2.00. The van der Waals surface area contributed by atoms with Gasteiger partial charge in [-0.15, -0.1) is 11.8 Å². The standard InChI is InChI=1S/C19H19N3S/c1-2-9-17-15(6-1)7-5-8-16(17)13-23-19-12-18(20-14-21-19)22-10-3-4-11-22/h1-2,5-9,12,14H,3-4,10-11,13H2. The lowest BCUT2D eigenvalue weighted by Crippen LogP contribution is -2.18. The highest BCUT2D eigenvalue weighted by Gasteiger charge is 2.14. The van der Waals surface area contributed by atoms with Crippen molar-refractivity contribution in [1.82, 2.24) is 9.97 Å². The van der Waals surface area contributed by atoms with Crippen LogP contribution in [-0.4, -0.2) is 23.1 Å². The van der Waals surface area contributed by atoms with Crippen LogP contribution in [0.4, 0.5) is 5.82 Å². The number of rotatable bonds is 4. The molecule has 0 unspecified atom stereocenters. The molecule has 0 spiro atoms. The molecule has 2 aromatic carbocycles. The van der Waals surface area contributed by atoms with Crippen LogP contribution in [0.25, 0.3) is 10.8 Å². The van der Waals surface area contributed by atoms with Crippen molar-refractivity contribution in [3.05, 3.63) is 60.4 Å². The van der Waals surface area contributed by atoms with Crippen LogP contribution in [0.5, 0.6) is 0 Å². The molecule has 2 heterocycles. The van der Waals surface area contributed by atoms with Crippen molar-refractivity contribution in [3.8, 4) is 0 Å². The SMILES string of the molecule is c1ccc2c(CSc3cc(N4CCCC4)ncn3)cccc2c1. The second-order valence-corrected chi connectivity index (χ2v) is 6.83. The minimum absolute atomic E-state index is 0.928. The summed E-state index contributed by atoms with van der Waals surface area (Å²) in [5, 5.41) is 3.68. The summed E-state index contributed by atoms with van der Waals surface area (Å²) in [6.07, 6.45) is 4.23. The Hall–Kier alpha value is -2.07. The van der Waals surface area contributed by atoms with E-state index in [-0.39, 0.29) is 0 Å². The van der Waals surface area contributed by atoms with Crippen LogP contribution in [0.2, 0.25) is 0 Å². The Morgan fingerprint density at radius 2 is 1.78 bits per heavy atom. The maximum Gasteiger partial charge on any atom is 0.133 e. The van der Waals surface area contributed by atoms with Gasteiger partial charge in [-0.05, 0) is 29.2 Å². The molecule has 0 amide bonds. The third-order valence-electron chi connectivity index (χ3n) is 4.31. The van der Waals surface area contributed by atoms with Crippen LogP contribution in [0, 0.1) is 0 Å². The minimum atomic E-state index is 0.928. The molecule has 1 aromatic heterocycles. The van der Waals surface area contributed by atoms with Gasteiger partial charge in [-0.1, -0.05) is 42.5 Å². The highest BCUT2D eigenvalue weighted by molar-refractivity contribution is 7.98. The van der Waals surface area contributed by atoms with Gasteiger partial charge >= 0.3 is 0 Å². The molecule has 1 aliphatic rings. The number of aromatic nitrogens is 2. The number of benzene rings is 2. The van der Waals surface area contributed by atoms with Crippen molar-refractivity contribution in [1.29, 1.82) is 0 Å². The van der Waals surface area contributed by atoms with Crippen LogP contribution in [0.1, 0.15) is 18.4 Å². The molecule has 23 heavy (non-hydrogen) atoms. The molecular formula is C19H19N3S. The fourth-order valence-electron chi connectivity index (χ4n) is 3.10. The molecule has 0 saturated carbocycles. The molecule has 4 rings (SSSR count). The van der Waals surface area contributed by atoms with E-state index in [9.17, 15) is 0 Å². The van der Waals surface area contributed by atoms with Crippen LogP contribution in [0.15, 0.2) is 59.9 Å².